The first-order valence-electron chi connectivity index (χ1n) is 5.79. The van der Waals surface area contributed by atoms with Crippen LogP contribution in [0.3, 0.4) is 0 Å². The summed E-state index contributed by atoms with van der Waals surface area (Å²) in [5.74, 6) is -0.934. The molecule has 0 fully saturated rings. The Morgan fingerprint density at radius 2 is 2.24 bits per heavy atom. The quantitative estimate of drug-likeness (QED) is 0.901. The minimum Gasteiger partial charge on any atom is -0.496 e. The number of pyridine rings is 1. The van der Waals surface area contributed by atoms with Gasteiger partial charge in [0.2, 0.25) is 0 Å². The molecule has 1 aromatic carbocycles. The number of carbonyl (C=O) groups is 1. The van der Waals surface area contributed by atoms with Gasteiger partial charge < -0.3 is 15.2 Å². The Balaban J connectivity index is 2.35. The van der Waals surface area contributed by atoms with Crippen molar-refractivity contribution in [3.8, 4) is 11.8 Å². The molecule has 0 aliphatic rings. The number of ether oxygens (including phenoxy) is 1. The summed E-state index contributed by atoms with van der Waals surface area (Å²) < 4.78 is 5.04. The molecule has 2 aromatic rings. The highest BCUT2D eigenvalue weighted by Gasteiger charge is 2.15. The Bertz CT molecular complexity index is 723. The number of hydrogen-bond acceptors (Lipinski definition) is 5. The Hall–Kier alpha value is -2.78. The molecule has 6 nitrogen and oxygen atoms in total. The fourth-order valence-electron chi connectivity index (χ4n) is 1.67. The zero-order chi connectivity index (χ0) is 15.4. The van der Waals surface area contributed by atoms with Crippen LogP contribution in [0.2, 0.25) is 5.02 Å². The number of anilines is 2. The van der Waals surface area contributed by atoms with Gasteiger partial charge in [-0.3, -0.25) is 0 Å². The minimum absolute atomic E-state index is 0.0222. The maximum atomic E-state index is 11.1. The van der Waals surface area contributed by atoms with E-state index in [2.05, 4.69) is 10.3 Å². The summed E-state index contributed by atoms with van der Waals surface area (Å²) in [6, 6.07) is 7.94. The summed E-state index contributed by atoms with van der Waals surface area (Å²) in [5, 5.41) is 21.0. The van der Waals surface area contributed by atoms with Gasteiger partial charge in [0, 0.05) is 6.07 Å². The fourth-order valence-corrected chi connectivity index (χ4v) is 1.89. The molecule has 0 aliphatic heterocycles. The van der Waals surface area contributed by atoms with E-state index < -0.39 is 5.97 Å². The van der Waals surface area contributed by atoms with Crippen molar-refractivity contribution in [1.82, 2.24) is 4.98 Å². The van der Waals surface area contributed by atoms with E-state index in [-0.39, 0.29) is 16.3 Å². The third-order valence-corrected chi connectivity index (χ3v) is 2.99. The van der Waals surface area contributed by atoms with Gasteiger partial charge in [-0.1, -0.05) is 11.6 Å². The Morgan fingerprint density at radius 3 is 2.76 bits per heavy atom. The van der Waals surface area contributed by atoms with Crippen LogP contribution in [-0.2, 0) is 0 Å². The first-order valence-corrected chi connectivity index (χ1v) is 6.17. The summed E-state index contributed by atoms with van der Waals surface area (Å²) >= 11 is 6.06. The number of nitrogens with one attached hydrogen (secondary N) is 1. The largest absolute Gasteiger partial charge is 0.496 e. The lowest BCUT2D eigenvalue weighted by atomic mass is 10.1. The van der Waals surface area contributed by atoms with Crippen LogP contribution in [-0.4, -0.2) is 23.2 Å². The van der Waals surface area contributed by atoms with Crippen LogP contribution in [0.5, 0.6) is 5.75 Å². The average molecular weight is 304 g/mol. The molecular weight excluding hydrogens is 294 g/mol. The Kier molecular flexibility index (Phi) is 4.26. The summed E-state index contributed by atoms with van der Waals surface area (Å²) in [5.41, 5.74) is 1.36. The van der Waals surface area contributed by atoms with Crippen LogP contribution in [0.1, 0.15) is 16.1 Å². The van der Waals surface area contributed by atoms with Crippen LogP contribution in [0.4, 0.5) is 11.4 Å². The van der Waals surface area contributed by atoms with Crippen LogP contribution < -0.4 is 10.1 Å². The SMILES string of the molecule is COc1cc(Nc2ccc(C#N)nc2)c(Cl)cc1C(=O)O. The number of halogens is 1. The lowest BCUT2D eigenvalue weighted by Gasteiger charge is -2.12. The highest BCUT2D eigenvalue weighted by Crippen LogP contribution is 2.32. The van der Waals surface area contributed by atoms with Crippen molar-refractivity contribution in [2.75, 3.05) is 12.4 Å². The van der Waals surface area contributed by atoms with Gasteiger partial charge in [0.1, 0.15) is 23.1 Å². The number of nitriles is 1. The number of carboxylic acids is 1. The first kappa shape index (κ1) is 14.6. The number of aromatic nitrogens is 1. The monoisotopic (exact) mass is 303 g/mol. The topological polar surface area (TPSA) is 95.2 Å². The van der Waals surface area contributed by atoms with E-state index in [1.165, 1.54) is 25.4 Å². The summed E-state index contributed by atoms with van der Waals surface area (Å²) in [4.78, 5) is 15.0. The fraction of sp³-hybridized carbons (Fsp3) is 0.0714. The predicted molar refractivity (Wildman–Crippen MR) is 77.2 cm³/mol. The van der Waals surface area contributed by atoms with E-state index in [0.29, 0.717) is 17.1 Å². The van der Waals surface area contributed by atoms with Gasteiger partial charge in [0.05, 0.1) is 29.7 Å². The number of rotatable bonds is 4. The summed E-state index contributed by atoms with van der Waals surface area (Å²) in [7, 11) is 1.38. The molecule has 1 aromatic heterocycles. The molecule has 7 heteroatoms. The molecule has 106 valence electrons. The normalized spacial score (nSPS) is 9.76. The molecule has 0 saturated heterocycles. The third-order valence-electron chi connectivity index (χ3n) is 2.68. The number of carboxylic acid groups (broad SMARTS) is 1. The molecule has 0 saturated carbocycles. The van der Waals surface area contributed by atoms with E-state index in [9.17, 15) is 4.79 Å². The highest BCUT2D eigenvalue weighted by molar-refractivity contribution is 6.33. The third kappa shape index (κ3) is 3.22. The Labute approximate surface area is 125 Å². The number of nitrogens with zero attached hydrogens (tertiary/aromatic N) is 2. The van der Waals surface area contributed by atoms with Crippen molar-refractivity contribution in [2.45, 2.75) is 0 Å². The standard InChI is InChI=1S/C14H10ClN3O3/c1-21-13-5-12(11(15)4-10(13)14(19)20)18-9-3-2-8(6-16)17-7-9/h2-5,7,18H,1H3,(H,19,20). The smallest absolute Gasteiger partial charge is 0.339 e. The second kappa shape index (κ2) is 6.11. The van der Waals surface area contributed by atoms with Gasteiger partial charge in [-0.25, -0.2) is 9.78 Å². The maximum Gasteiger partial charge on any atom is 0.339 e. The summed E-state index contributed by atoms with van der Waals surface area (Å²) in [6.45, 7) is 0. The second-order valence-corrected chi connectivity index (χ2v) is 4.41. The zero-order valence-corrected chi connectivity index (χ0v) is 11.7. The van der Waals surface area contributed by atoms with Crippen LogP contribution in [0, 0.1) is 11.3 Å². The van der Waals surface area contributed by atoms with Crippen LogP contribution in [0.25, 0.3) is 0 Å². The Morgan fingerprint density at radius 1 is 1.48 bits per heavy atom. The van der Waals surface area contributed by atoms with Gasteiger partial charge in [-0.15, -0.1) is 0 Å². The number of methoxy groups -OCH3 is 1. The summed E-state index contributed by atoms with van der Waals surface area (Å²) in [6.07, 6.45) is 1.48. The maximum absolute atomic E-state index is 11.1. The van der Waals surface area contributed by atoms with E-state index in [1.807, 2.05) is 6.07 Å². The zero-order valence-electron chi connectivity index (χ0n) is 10.9. The van der Waals surface area contributed by atoms with Crippen molar-refractivity contribution in [1.29, 1.82) is 5.26 Å². The van der Waals surface area contributed by atoms with Gasteiger partial charge in [-0.2, -0.15) is 5.26 Å². The van der Waals surface area contributed by atoms with E-state index in [0.717, 1.165) is 0 Å². The molecule has 0 bridgehead atoms. The number of benzene rings is 1. The van der Waals surface area contributed by atoms with Gasteiger partial charge in [0.15, 0.2) is 0 Å². The average Bonchev–Trinajstić information content (AvgIpc) is 2.49. The van der Waals surface area contributed by atoms with Crippen molar-refractivity contribution in [3.63, 3.8) is 0 Å². The van der Waals surface area contributed by atoms with Crippen molar-refractivity contribution < 1.29 is 14.6 Å². The molecule has 0 aliphatic carbocycles. The molecule has 1 heterocycles. The number of aromatic carboxylic acids is 1. The van der Waals surface area contributed by atoms with Crippen LogP contribution in [0.15, 0.2) is 30.5 Å². The van der Waals surface area contributed by atoms with Gasteiger partial charge in [0.25, 0.3) is 0 Å². The molecule has 0 radical (unpaired) electrons. The molecule has 21 heavy (non-hydrogen) atoms. The second-order valence-electron chi connectivity index (χ2n) is 4.01. The molecule has 0 amide bonds. The number of hydrogen-bond donors (Lipinski definition) is 2. The first-order chi connectivity index (χ1) is 10.0. The lowest BCUT2D eigenvalue weighted by molar-refractivity contribution is 0.0693. The van der Waals surface area contributed by atoms with Crippen molar-refractivity contribution in [3.05, 3.63) is 46.7 Å². The molecule has 2 rings (SSSR count). The predicted octanol–water partition coefficient (Wildman–Crippen LogP) is 3.06. The molecule has 2 N–H and O–H groups in total. The van der Waals surface area contributed by atoms with E-state index >= 15 is 0 Å². The molecular formula is C14H10ClN3O3. The molecule has 0 unspecified atom stereocenters. The lowest BCUT2D eigenvalue weighted by Crippen LogP contribution is -2.02. The van der Waals surface area contributed by atoms with Gasteiger partial charge in [-0.05, 0) is 18.2 Å². The van der Waals surface area contributed by atoms with Gasteiger partial charge >= 0.3 is 5.97 Å². The van der Waals surface area contributed by atoms with Crippen LogP contribution >= 0.6 is 11.6 Å². The minimum atomic E-state index is -1.12. The van der Waals surface area contributed by atoms with E-state index in [1.54, 1.807) is 12.1 Å². The van der Waals surface area contributed by atoms with Crippen molar-refractivity contribution in [2.24, 2.45) is 0 Å². The molecule has 0 atom stereocenters. The molecule has 0 spiro atoms. The van der Waals surface area contributed by atoms with E-state index in [4.69, 9.17) is 26.7 Å². The highest BCUT2D eigenvalue weighted by atomic mass is 35.5. The van der Waals surface area contributed by atoms with Crippen molar-refractivity contribution >= 4 is 28.9 Å².